The number of aromatic nitrogens is 1. The number of guanidine groups is 1. The average Bonchev–Trinajstić information content (AvgIpc) is 3.33. The van der Waals surface area contributed by atoms with Crippen LogP contribution in [-0.4, -0.2) is 36.5 Å². The SMILES string of the molecule is CN=C(NCC1CC1c1ccccc1)N(C)Cc1nc2c(s1)CCCC2.I. The molecule has 1 saturated carbocycles. The van der Waals surface area contributed by atoms with Crippen LogP contribution < -0.4 is 5.32 Å². The van der Waals surface area contributed by atoms with Crippen molar-refractivity contribution in [1.29, 1.82) is 0 Å². The number of thiazole rings is 1. The van der Waals surface area contributed by atoms with Crippen molar-refractivity contribution >= 4 is 41.3 Å². The molecule has 4 nitrogen and oxygen atoms in total. The number of aryl methyl sites for hydroxylation is 2. The maximum Gasteiger partial charge on any atom is 0.193 e. The van der Waals surface area contributed by atoms with E-state index in [1.165, 1.54) is 46.8 Å². The van der Waals surface area contributed by atoms with Gasteiger partial charge in [-0.3, -0.25) is 4.99 Å². The highest BCUT2D eigenvalue weighted by atomic mass is 127. The van der Waals surface area contributed by atoms with Gasteiger partial charge in [0.2, 0.25) is 0 Å². The average molecular weight is 496 g/mol. The summed E-state index contributed by atoms with van der Waals surface area (Å²) >= 11 is 1.89. The minimum absolute atomic E-state index is 0. The number of aliphatic imine (C=N–C) groups is 1. The zero-order valence-electron chi connectivity index (χ0n) is 16.1. The van der Waals surface area contributed by atoms with Gasteiger partial charge in [0.25, 0.3) is 0 Å². The summed E-state index contributed by atoms with van der Waals surface area (Å²) in [6.07, 6.45) is 6.26. The zero-order valence-corrected chi connectivity index (χ0v) is 19.3. The van der Waals surface area contributed by atoms with E-state index in [9.17, 15) is 0 Å². The van der Waals surface area contributed by atoms with Crippen LogP contribution in [0.1, 0.15) is 46.3 Å². The third-order valence-electron chi connectivity index (χ3n) is 5.51. The standard InChI is InChI=1S/C21H28N4S.HI/c1-22-21(23-13-16-12-17(16)15-8-4-3-5-9-15)25(2)14-20-24-18-10-6-7-11-19(18)26-20;/h3-5,8-9,16-17H,6-7,10-14H2,1-2H3,(H,22,23);1H. The van der Waals surface area contributed by atoms with Crippen molar-refractivity contribution in [2.24, 2.45) is 10.9 Å². The topological polar surface area (TPSA) is 40.5 Å². The molecular weight excluding hydrogens is 467 g/mol. The molecule has 1 heterocycles. The second kappa shape index (κ2) is 9.37. The van der Waals surface area contributed by atoms with Gasteiger partial charge in [0.05, 0.1) is 12.2 Å². The first-order chi connectivity index (χ1) is 12.7. The summed E-state index contributed by atoms with van der Waals surface area (Å²) in [7, 11) is 3.98. The van der Waals surface area contributed by atoms with Crippen LogP contribution in [0, 0.1) is 5.92 Å². The fourth-order valence-corrected chi connectivity index (χ4v) is 5.15. The van der Waals surface area contributed by atoms with Gasteiger partial charge in [-0.15, -0.1) is 35.3 Å². The molecule has 0 aliphatic heterocycles. The zero-order chi connectivity index (χ0) is 17.9. The summed E-state index contributed by atoms with van der Waals surface area (Å²) in [6, 6.07) is 10.9. The molecular formula is C21H29IN4S. The van der Waals surface area contributed by atoms with E-state index < -0.39 is 0 Å². The maximum absolute atomic E-state index is 4.86. The van der Waals surface area contributed by atoms with E-state index in [1.54, 1.807) is 0 Å². The summed E-state index contributed by atoms with van der Waals surface area (Å²) in [5.74, 6) is 2.39. The fraction of sp³-hybridized carbons (Fsp3) is 0.524. The smallest absolute Gasteiger partial charge is 0.193 e. The molecule has 1 N–H and O–H groups in total. The highest BCUT2D eigenvalue weighted by molar-refractivity contribution is 14.0. The number of halogens is 1. The molecule has 0 spiro atoms. The van der Waals surface area contributed by atoms with E-state index in [0.717, 1.165) is 31.4 Å². The predicted octanol–water partition coefficient (Wildman–Crippen LogP) is 4.45. The van der Waals surface area contributed by atoms with Crippen molar-refractivity contribution in [2.75, 3.05) is 20.6 Å². The van der Waals surface area contributed by atoms with Gasteiger partial charge in [0, 0.05) is 25.5 Å². The number of nitrogens with one attached hydrogen (secondary N) is 1. The second-order valence-corrected chi connectivity index (χ2v) is 8.65. The van der Waals surface area contributed by atoms with Gasteiger partial charge >= 0.3 is 0 Å². The highest BCUT2D eigenvalue weighted by Crippen LogP contribution is 2.46. The van der Waals surface area contributed by atoms with E-state index in [4.69, 9.17) is 4.98 Å². The van der Waals surface area contributed by atoms with E-state index in [1.807, 2.05) is 18.4 Å². The molecule has 1 aromatic carbocycles. The van der Waals surface area contributed by atoms with E-state index >= 15 is 0 Å². The molecule has 146 valence electrons. The predicted molar refractivity (Wildman–Crippen MR) is 124 cm³/mol. The molecule has 2 aliphatic carbocycles. The number of hydrogen-bond donors (Lipinski definition) is 1. The van der Waals surface area contributed by atoms with Crippen LogP contribution in [0.3, 0.4) is 0 Å². The molecule has 2 aromatic rings. The number of nitrogens with zero attached hydrogens (tertiary/aromatic N) is 3. The summed E-state index contributed by atoms with van der Waals surface area (Å²) in [6.45, 7) is 1.83. The van der Waals surface area contributed by atoms with Crippen molar-refractivity contribution in [3.63, 3.8) is 0 Å². The minimum Gasteiger partial charge on any atom is -0.356 e. The van der Waals surface area contributed by atoms with Gasteiger partial charge in [-0.05, 0) is 49.5 Å². The maximum atomic E-state index is 4.86. The Morgan fingerprint density at radius 1 is 1.26 bits per heavy atom. The second-order valence-electron chi connectivity index (χ2n) is 7.48. The van der Waals surface area contributed by atoms with Crippen LogP contribution in [0.2, 0.25) is 0 Å². The Balaban J connectivity index is 0.00000210. The Labute approximate surface area is 183 Å². The van der Waals surface area contributed by atoms with Gasteiger partial charge in [-0.1, -0.05) is 30.3 Å². The van der Waals surface area contributed by atoms with Crippen molar-refractivity contribution < 1.29 is 0 Å². The summed E-state index contributed by atoms with van der Waals surface area (Å²) in [5, 5.41) is 4.78. The molecule has 0 radical (unpaired) electrons. The van der Waals surface area contributed by atoms with Crippen molar-refractivity contribution in [2.45, 2.75) is 44.6 Å². The van der Waals surface area contributed by atoms with Crippen molar-refractivity contribution in [3.05, 3.63) is 51.5 Å². The van der Waals surface area contributed by atoms with Crippen LogP contribution in [0.4, 0.5) is 0 Å². The van der Waals surface area contributed by atoms with Crippen LogP contribution in [-0.2, 0) is 19.4 Å². The molecule has 0 amide bonds. The lowest BCUT2D eigenvalue weighted by atomic mass is 10.0. The molecule has 2 aliphatic rings. The molecule has 4 rings (SSSR count). The Kier molecular flexibility index (Phi) is 7.14. The molecule has 1 aromatic heterocycles. The molecule has 1 fully saturated rings. The lowest BCUT2D eigenvalue weighted by Gasteiger charge is -2.21. The lowest BCUT2D eigenvalue weighted by molar-refractivity contribution is 0.472. The summed E-state index contributed by atoms with van der Waals surface area (Å²) in [4.78, 5) is 13.0. The number of rotatable bonds is 5. The highest BCUT2D eigenvalue weighted by Gasteiger charge is 2.38. The Morgan fingerprint density at radius 2 is 2.04 bits per heavy atom. The van der Waals surface area contributed by atoms with Gasteiger partial charge in [0.15, 0.2) is 5.96 Å². The minimum atomic E-state index is 0. The molecule has 2 atom stereocenters. The lowest BCUT2D eigenvalue weighted by Crippen LogP contribution is -2.39. The largest absolute Gasteiger partial charge is 0.356 e. The van der Waals surface area contributed by atoms with Crippen LogP contribution in [0.25, 0.3) is 0 Å². The first-order valence-electron chi connectivity index (χ1n) is 9.68. The molecule has 27 heavy (non-hydrogen) atoms. The third-order valence-corrected chi connectivity index (χ3v) is 6.65. The molecule has 0 saturated heterocycles. The first-order valence-corrected chi connectivity index (χ1v) is 10.5. The fourth-order valence-electron chi connectivity index (χ4n) is 3.94. The van der Waals surface area contributed by atoms with Crippen molar-refractivity contribution in [3.8, 4) is 0 Å². The number of benzene rings is 1. The first kappa shape index (κ1) is 20.6. The Bertz CT molecular complexity index is 750. The van der Waals surface area contributed by atoms with Gasteiger partial charge in [-0.2, -0.15) is 0 Å². The van der Waals surface area contributed by atoms with E-state index in [0.29, 0.717) is 5.92 Å². The number of fused-ring (bicyclic) bond motifs is 1. The quantitative estimate of drug-likeness (QED) is 0.378. The van der Waals surface area contributed by atoms with Crippen LogP contribution in [0.5, 0.6) is 0 Å². The molecule has 0 bridgehead atoms. The van der Waals surface area contributed by atoms with Gasteiger partial charge in [-0.25, -0.2) is 4.98 Å². The number of hydrogen-bond acceptors (Lipinski definition) is 3. The summed E-state index contributed by atoms with van der Waals surface area (Å²) in [5.41, 5.74) is 2.81. The van der Waals surface area contributed by atoms with Crippen LogP contribution in [0.15, 0.2) is 35.3 Å². The van der Waals surface area contributed by atoms with E-state index in [-0.39, 0.29) is 24.0 Å². The Morgan fingerprint density at radius 3 is 2.78 bits per heavy atom. The normalized spacial score (nSPS) is 21.2. The molecule has 2 unspecified atom stereocenters. The van der Waals surface area contributed by atoms with Crippen molar-refractivity contribution in [1.82, 2.24) is 15.2 Å². The summed E-state index contributed by atoms with van der Waals surface area (Å²) < 4.78 is 0. The van der Waals surface area contributed by atoms with Gasteiger partial charge < -0.3 is 10.2 Å². The Hall–Kier alpha value is -1.15. The van der Waals surface area contributed by atoms with Crippen LogP contribution >= 0.6 is 35.3 Å². The monoisotopic (exact) mass is 496 g/mol. The third kappa shape index (κ3) is 5.02. The molecule has 6 heteroatoms. The van der Waals surface area contributed by atoms with Gasteiger partial charge in [0.1, 0.15) is 5.01 Å². The van der Waals surface area contributed by atoms with E-state index in [2.05, 4.69) is 52.6 Å².